The average Bonchev–Trinajstić information content (AvgIpc) is 3.10. The van der Waals surface area contributed by atoms with Crippen molar-refractivity contribution in [1.29, 1.82) is 0 Å². The van der Waals surface area contributed by atoms with E-state index in [9.17, 15) is 18.0 Å². The second kappa shape index (κ2) is 7.36. The molecule has 1 fully saturated rings. The Morgan fingerprint density at radius 3 is 2.69 bits per heavy atom. The van der Waals surface area contributed by atoms with Crippen LogP contribution >= 0.6 is 0 Å². The Morgan fingerprint density at radius 1 is 1.23 bits per heavy atom. The monoisotopic (exact) mass is 380 g/mol. The summed E-state index contributed by atoms with van der Waals surface area (Å²) in [6, 6.07) is 4.36. The van der Waals surface area contributed by atoms with Gasteiger partial charge in [-0.25, -0.2) is 13.2 Å². The number of nitrogens with zero attached hydrogens (tertiary/aromatic N) is 2. The number of aromatic carboxylic acids is 1. The number of rotatable bonds is 5. The fraction of sp³-hybridized carbons (Fsp3) is 0.556. The zero-order valence-electron chi connectivity index (χ0n) is 14.8. The van der Waals surface area contributed by atoms with Gasteiger partial charge in [-0.1, -0.05) is 13.0 Å². The van der Waals surface area contributed by atoms with Gasteiger partial charge in [0.25, 0.3) is 0 Å². The first-order chi connectivity index (χ1) is 12.3. The highest BCUT2D eigenvalue weighted by Crippen LogP contribution is 2.27. The molecule has 0 spiro atoms. The molecule has 26 heavy (non-hydrogen) atoms. The maximum atomic E-state index is 13.0. The molecule has 1 unspecified atom stereocenters. The third-order valence-electron chi connectivity index (χ3n) is 5.09. The molecule has 0 bridgehead atoms. The molecule has 2 aliphatic heterocycles. The second-order valence-electron chi connectivity index (χ2n) is 6.88. The van der Waals surface area contributed by atoms with E-state index < -0.39 is 22.0 Å². The summed E-state index contributed by atoms with van der Waals surface area (Å²) in [5.41, 5.74) is 2.07. The van der Waals surface area contributed by atoms with Crippen LogP contribution in [-0.4, -0.2) is 59.5 Å². The van der Waals surface area contributed by atoms with E-state index in [1.165, 1.54) is 4.31 Å². The van der Waals surface area contributed by atoms with Crippen LogP contribution in [0, 0.1) is 0 Å². The maximum absolute atomic E-state index is 13.0. The van der Waals surface area contributed by atoms with Crippen molar-refractivity contribution < 1.29 is 23.1 Å². The van der Waals surface area contributed by atoms with Gasteiger partial charge in [-0.3, -0.25) is 4.79 Å². The molecular formula is C18H24N2O5S. The quantitative estimate of drug-likeness (QED) is 0.835. The third-order valence-corrected chi connectivity index (χ3v) is 7.16. The van der Waals surface area contributed by atoms with Gasteiger partial charge in [0.2, 0.25) is 15.9 Å². The van der Waals surface area contributed by atoms with E-state index in [1.807, 2.05) is 6.92 Å². The first-order valence-electron chi connectivity index (χ1n) is 8.97. The first kappa shape index (κ1) is 18.8. The van der Waals surface area contributed by atoms with E-state index >= 15 is 0 Å². The molecule has 0 aliphatic carbocycles. The molecule has 1 amide bonds. The molecule has 1 saturated heterocycles. The van der Waals surface area contributed by atoms with E-state index in [4.69, 9.17) is 5.11 Å². The van der Waals surface area contributed by atoms with Crippen LogP contribution in [0.5, 0.6) is 0 Å². The molecule has 0 radical (unpaired) electrons. The average molecular weight is 380 g/mol. The van der Waals surface area contributed by atoms with Gasteiger partial charge < -0.3 is 10.0 Å². The molecule has 8 heteroatoms. The number of carboxylic acid groups (broad SMARTS) is 1. The van der Waals surface area contributed by atoms with Gasteiger partial charge in [0.05, 0.1) is 11.3 Å². The SMILES string of the molecule is CCCS(=O)(=O)N1CCCC1C(=O)N1CCc2ccc(C(=O)O)cc2C1. The van der Waals surface area contributed by atoms with Crippen LogP contribution < -0.4 is 0 Å². The fourth-order valence-corrected chi connectivity index (χ4v) is 5.53. The molecule has 142 valence electrons. The highest BCUT2D eigenvalue weighted by Gasteiger charge is 2.40. The van der Waals surface area contributed by atoms with Crippen molar-refractivity contribution >= 4 is 21.9 Å². The maximum Gasteiger partial charge on any atom is 0.335 e. The Kier molecular flexibility index (Phi) is 5.34. The Hall–Kier alpha value is -1.93. The standard InChI is InChI=1S/C18H24N2O5S/c1-2-10-26(24,25)20-8-3-4-16(20)17(21)19-9-7-13-5-6-14(18(22)23)11-15(13)12-19/h5-6,11,16H,2-4,7-10,12H2,1H3,(H,22,23). The van der Waals surface area contributed by atoms with Crippen LogP contribution in [0.15, 0.2) is 18.2 Å². The van der Waals surface area contributed by atoms with Gasteiger partial charge in [-0.05, 0) is 48.9 Å². The topological polar surface area (TPSA) is 95.0 Å². The van der Waals surface area contributed by atoms with Gasteiger partial charge in [-0.15, -0.1) is 0 Å². The number of carbonyl (C=O) groups excluding carboxylic acids is 1. The summed E-state index contributed by atoms with van der Waals surface area (Å²) < 4.78 is 26.2. The Balaban J connectivity index is 1.78. The third kappa shape index (κ3) is 3.61. The number of sulfonamides is 1. The largest absolute Gasteiger partial charge is 0.478 e. The minimum atomic E-state index is -3.41. The van der Waals surface area contributed by atoms with Gasteiger partial charge in [0.15, 0.2) is 0 Å². The van der Waals surface area contributed by atoms with Crippen LogP contribution in [0.4, 0.5) is 0 Å². The normalized spacial score (nSPS) is 20.8. The zero-order chi connectivity index (χ0) is 18.9. The van der Waals surface area contributed by atoms with E-state index in [1.54, 1.807) is 23.1 Å². The summed E-state index contributed by atoms with van der Waals surface area (Å²) in [7, 11) is -3.41. The zero-order valence-corrected chi connectivity index (χ0v) is 15.7. The Bertz CT molecular complexity index is 821. The summed E-state index contributed by atoms with van der Waals surface area (Å²) >= 11 is 0. The number of hydrogen-bond donors (Lipinski definition) is 1. The van der Waals surface area contributed by atoms with Crippen molar-refractivity contribution in [2.45, 2.75) is 45.2 Å². The molecule has 2 heterocycles. The lowest BCUT2D eigenvalue weighted by atomic mass is 9.97. The predicted octanol–water partition coefficient (Wildman–Crippen LogP) is 1.47. The fourth-order valence-electron chi connectivity index (χ4n) is 3.78. The summed E-state index contributed by atoms with van der Waals surface area (Å²) in [6.07, 6.45) is 2.40. The molecule has 1 aromatic rings. The summed E-state index contributed by atoms with van der Waals surface area (Å²) in [4.78, 5) is 25.8. The summed E-state index contributed by atoms with van der Waals surface area (Å²) in [5.74, 6) is -1.11. The number of fused-ring (bicyclic) bond motifs is 1. The molecular weight excluding hydrogens is 356 g/mol. The van der Waals surface area contributed by atoms with Crippen molar-refractivity contribution in [3.05, 3.63) is 34.9 Å². The molecule has 0 aromatic heterocycles. The van der Waals surface area contributed by atoms with E-state index in [0.717, 1.165) is 11.1 Å². The Morgan fingerprint density at radius 2 is 2.00 bits per heavy atom. The van der Waals surface area contributed by atoms with Crippen LogP contribution in [0.3, 0.4) is 0 Å². The highest BCUT2D eigenvalue weighted by molar-refractivity contribution is 7.89. The van der Waals surface area contributed by atoms with Crippen LogP contribution in [0.25, 0.3) is 0 Å². The summed E-state index contributed by atoms with van der Waals surface area (Å²) in [6.45, 7) is 3.06. The molecule has 1 atom stereocenters. The number of benzene rings is 1. The van der Waals surface area contributed by atoms with Crippen LogP contribution in [0.2, 0.25) is 0 Å². The van der Waals surface area contributed by atoms with Crippen LogP contribution in [-0.2, 0) is 27.8 Å². The molecule has 3 rings (SSSR count). The van der Waals surface area contributed by atoms with Crippen LogP contribution in [0.1, 0.15) is 47.7 Å². The van der Waals surface area contributed by atoms with E-state index in [2.05, 4.69) is 0 Å². The lowest BCUT2D eigenvalue weighted by Gasteiger charge is -2.33. The van der Waals surface area contributed by atoms with Gasteiger partial charge in [0.1, 0.15) is 6.04 Å². The van der Waals surface area contributed by atoms with Crippen molar-refractivity contribution in [3.8, 4) is 0 Å². The summed E-state index contributed by atoms with van der Waals surface area (Å²) in [5, 5.41) is 9.15. The van der Waals surface area contributed by atoms with Crippen molar-refractivity contribution in [3.63, 3.8) is 0 Å². The molecule has 1 N–H and O–H groups in total. The lowest BCUT2D eigenvalue weighted by Crippen LogP contribution is -2.49. The molecule has 1 aromatic carbocycles. The first-order valence-corrected chi connectivity index (χ1v) is 10.6. The van der Waals surface area contributed by atoms with E-state index in [-0.39, 0.29) is 17.2 Å². The number of hydrogen-bond acceptors (Lipinski definition) is 4. The number of amides is 1. The second-order valence-corrected chi connectivity index (χ2v) is 8.92. The molecule has 2 aliphatic rings. The predicted molar refractivity (Wildman–Crippen MR) is 96.3 cm³/mol. The van der Waals surface area contributed by atoms with E-state index in [0.29, 0.717) is 45.3 Å². The lowest BCUT2D eigenvalue weighted by molar-refractivity contribution is -0.135. The number of carboxylic acids is 1. The van der Waals surface area contributed by atoms with Crippen molar-refractivity contribution in [2.24, 2.45) is 0 Å². The van der Waals surface area contributed by atoms with Crippen molar-refractivity contribution in [1.82, 2.24) is 9.21 Å². The Labute approximate surface area is 153 Å². The van der Waals surface area contributed by atoms with Crippen molar-refractivity contribution in [2.75, 3.05) is 18.8 Å². The number of carbonyl (C=O) groups is 2. The smallest absolute Gasteiger partial charge is 0.335 e. The molecule has 7 nitrogen and oxygen atoms in total. The minimum Gasteiger partial charge on any atom is -0.478 e. The van der Waals surface area contributed by atoms with Gasteiger partial charge in [0, 0.05) is 19.6 Å². The molecule has 0 saturated carbocycles. The highest BCUT2D eigenvalue weighted by atomic mass is 32.2. The minimum absolute atomic E-state index is 0.0571. The van der Waals surface area contributed by atoms with Gasteiger partial charge >= 0.3 is 5.97 Å². The van der Waals surface area contributed by atoms with Gasteiger partial charge in [-0.2, -0.15) is 4.31 Å².